The molecule has 28 heavy (non-hydrogen) atoms. The molecule has 2 N–H and O–H groups in total. The smallest absolute Gasteiger partial charge is 0.317 e. The lowest BCUT2D eigenvalue weighted by atomic mass is 9.99. The first-order valence-corrected chi connectivity index (χ1v) is 10.8. The summed E-state index contributed by atoms with van der Waals surface area (Å²) in [5.41, 5.74) is 3.63. The Morgan fingerprint density at radius 1 is 1.25 bits per heavy atom. The Labute approximate surface area is 166 Å². The summed E-state index contributed by atoms with van der Waals surface area (Å²) in [7, 11) is 0. The van der Waals surface area contributed by atoms with Crippen LogP contribution in [-0.4, -0.2) is 43.3 Å². The first-order chi connectivity index (χ1) is 13.7. The van der Waals surface area contributed by atoms with Crippen LogP contribution >= 0.6 is 0 Å². The molecule has 1 atom stereocenters. The van der Waals surface area contributed by atoms with Gasteiger partial charge in [0.1, 0.15) is 5.82 Å². The normalized spacial score (nSPS) is 19.9. The third kappa shape index (κ3) is 4.23. The molecule has 7 nitrogen and oxygen atoms in total. The zero-order chi connectivity index (χ0) is 19.3. The van der Waals surface area contributed by atoms with Gasteiger partial charge in [0.05, 0.1) is 12.2 Å². The van der Waals surface area contributed by atoms with E-state index < -0.39 is 0 Å². The predicted octanol–water partition coefficient (Wildman–Crippen LogP) is 3.34. The average Bonchev–Trinajstić information content (AvgIpc) is 3.22. The van der Waals surface area contributed by atoms with E-state index in [-0.39, 0.29) is 6.03 Å². The lowest BCUT2D eigenvalue weighted by Crippen LogP contribution is -2.48. The zero-order valence-corrected chi connectivity index (χ0v) is 16.9. The molecule has 2 aromatic rings. The number of hydrogen-bond donors (Lipinski definition) is 2. The van der Waals surface area contributed by atoms with Gasteiger partial charge in [-0.2, -0.15) is 5.10 Å². The highest BCUT2D eigenvalue weighted by Gasteiger charge is 2.27. The van der Waals surface area contributed by atoms with Crippen LogP contribution < -0.4 is 5.32 Å². The number of aromatic amines is 1. The molecule has 0 radical (unpaired) electrons. The summed E-state index contributed by atoms with van der Waals surface area (Å²) in [6.45, 7) is 4.30. The van der Waals surface area contributed by atoms with E-state index in [1.807, 2.05) is 24.2 Å². The van der Waals surface area contributed by atoms with Crippen molar-refractivity contribution in [1.29, 1.82) is 0 Å². The predicted molar refractivity (Wildman–Crippen MR) is 108 cm³/mol. The molecule has 1 fully saturated rings. The summed E-state index contributed by atoms with van der Waals surface area (Å²) in [6.07, 6.45) is 14.1. The van der Waals surface area contributed by atoms with Crippen LogP contribution in [0.1, 0.15) is 67.7 Å². The van der Waals surface area contributed by atoms with Crippen molar-refractivity contribution in [2.24, 2.45) is 0 Å². The number of hydrogen-bond acceptors (Lipinski definition) is 3. The van der Waals surface area contributed by atoms with Gasteiger partial charge in [-0.1, -0.05) is 6.42 Å². The van der Waals surface area contributed by atoms with Crippen molar-refractivity contribution >= 4 is 6.03 Å². The van der Waals surface area contributed by atoms with Gasteiger partial charge < -0.3 is 14.8 Å². The zero-order valence-electron chi connectivity index (χ0n) is 16.9. The van der Waals surface area contributed by atoms with Crippen molar-refractivity contribution in [3.05, 3.63) is 35.2 Å². The fraction of sp³-hybridized carbons (Fsp3) is 0.667. The molecular weight excluding hydrogens is 352 g/mol. The van der Waals surface area contributed by atoms with Crippen molar-refractivity contribution in [1.82, 2.24) is 30.0 Å². The third-order valence-corrected chi connectivity index (χ3v) is 6.31. The molecule has 0 spiro atoms. The third-order valence-electron chi connectivity index (χ3n) is 6.31. The quantitative estimate of drug-likeness (QED) is 0.776. The summed E-state index contributed by atoms with van der Waals surface area (Å²) >= 11 is 0. The van der Waals surface area contributed by atoms with Crippen LogP contribution in [0.3, 0.4) is 0 Å². The summed E-state index contributed by atoms with van der Waals surface area (Å²) < 4.78 is 2.17. The number of carbonyl (C=O) groups excluding carboxylic acids is 1. The standard InChI is InChI=1S/C21H32N6O/c1-16-22-11-14-26(16)13-10-17-7-5-6-12-27(17)21(28)23-15-20-18-8-3-2-4-9-19(18)24-25-20/h11,14,17H,2-10,12-13,15H2,1H3,(H,23,28)(H,24,25)/t17-/m1/s1. The number of aryl methyl sites for hydroxylation is 3. The Kier molecular flexibility index (Phi) is 5.98. The van der Waals surface area contributed by atoms with Gasteiger partial charge in [0, 0.05) is 37.2 Å². The monoisotopic (exact) mass is 384 g/mol. The van der Waals surface area contributed by atoms with Crippen LogP contribution in [0.15, 0.2) is 12.4 Å². The summed E-state index contributed by atoms with van der Waals surface area (Å²) in [5, 5.41) is 10.8. The van der Waals surface area contributed by atoms with Gasteiger partial charge in [0.15, 0.2) is 0 Å². The molecule has 0 aromatic carbocycles. The Morgan fingerprint density at radius 3 is 3.00 bits per heavy atom. The van der Waals surface area contributed by atoms with Gasteiger partial charge in [0.25, 0.3) is 0 Å². The maximum absolute atomic E-state index is 12.9. The molecule has 2 amide bonds. The molecule has 2 aromatic heterocycles. The van der Waals surface area contributed by atoms with Crippen LogP contribution in [-0.2, 0) is 25.9 Å². The van der Waals surface area contributed by atoms with Crippen LogP contribution in [0.4, 0.5) is 4.79 Å². The second-order valence-electron chi connectivity index (χ2n) is 8.15. The molecule has 0 bridgehead atoms. The molecule has 0 saturated carbocycles. The Bertz CT molecular complexity index is 795. The molecule has 152 valence electrons. The lowest BCUT2D eigenvalue weighted by molar-refractivity contribution is 0.143. The first kappa shape index (κ1) is 19.0. The molecule has 3 heterocycles. The molecule has 2 aliphatic rings. The number of piperidine rings is 1. The van der Waals surface area contributed by atoms with E-state index in [1.165, 1.54) is 36.9 Å². The minimum atomic E-state index is 0.0532. The molecule has 1 aliphatic carbocycles. The van der Waals surface area contributed by atoms with Gasteiger partial charge in [0.2, 0.25) is 0 Å². The second-order valence-corrected chi connectivity index (χ2v) is 8.15. The largest absolute Gasteiger partial charge is 0.335 e. The lowest BCUT2D eigenvalue weighted by Gasteiger charge is -2.36. The van der Waals surface area contributed by atoms with Crippen LogP contribution in [0.2, 0.25) is 0 Å². The fourth-order valence-electron chi connectivity index (χ4n) is 4.63. The number of urea groups is 1. The average molecular weight is 385 g/mol. The van der Waals surface area contributed by atoms with E-state index in [0.29, 0.717) is 12.6 Å². The molecule has 1 saturated heterocycles. The van der Waals surface area contributed by atoms with Crippen molar-refractivity contribution in [3.8, 4) is 0 Å². The first-order valence-electron chi connectivity index (χ1n) is 10.8. The number of amides is 2. The summed E-state index contributed by atoms with van der Waals surface area (Å²) in [4.78, 5) is 19.3. The maximum atomic E-state index is 12.9. The number of fused-ring (bicyclic) bond motifs is 1. The fourth-order valence-corrected chi connectivity index (χ4v) is 4.63. The molecule has 1 aliphatic heterocycles. The van der Waals surface area contributed by atoms with Crippen LogP contribution in [0, 0.1) is 6.92 Å². The molecule has 0 unspecified atom stereocenters. The van der Waals surface area contributed by atoms with Gasteiger partial charge in [-0.25, -0.2) is 9.78 Å². The second kappa shape index (κ2) is 8.80. The minimum Gasteiger partial charge on any atom is -0.335 e. The highest BCUT2D eigenvalue weighted by atomic mass is 16.2. The van der Waals surface area contributed by atoms with Gasteiger partial charge in [-0.3, -0.25) is 5.10 Å². The molecule has 7 heteroatoms. The van der Waals surface area contributed by atoms with Crippen molar-refractivity contribution in [2.75, 3.05) is 6.54 Å². The number of aromatic nitrogens is 4. The number of H-pyrrole nitrogens is 1. The van der Waals surface area contributed by atoms with Gasteiger partial charge in [-0.15, -0.1) is 0 Å². The molecule has 4 rings (SSSR count). The van der Waals surface area contributed by atoms with Gasteiger partial charge in [-0.05, 0) is 63.9 Å². The SMILES string of the molecule is Cc1nccn1CC[C@H]1CCCCN1C(=O)NCc1n[nH]c2c1CCCCC2. The topological polar surface area (TPSA) is 78.8 Å². The summed E-state index contributed by atoms with van der Waals surface area (Å²) in [6, 6.07) is 0.351. The number of nitrogens with one attached hydrogen (secondary N) is 2. The van der Waals surface area contributed by atoms with Crippen molar-refractivity contribution in [2.45, 2.75) is 83.8 Å². The summed E-state index contributed by atoms with van der Waals surface area (Å²) in [5.74, 6) is 1.03. The van der Waals surface area contributed by atoms with E-state index >= 15 is 0 Å². The highest BCUT2D eigenvalue weighted by Crippen LogP contribution is 2.23. The minimum absolute atomic E-state index is 0.0532. The Hall–Kier alpha value is -2.31. The number of carbonyl (C=O) groups is 1. The van der Waals surface area contributed by atoms with E-state index in [1.54, 1.807) is 0 Å². The van der Waals surface area contributed by atoms with E-state index in [0.717, 1.165) is 56.7 Å². The van der Waals surface area contributed by atoms with Crippen LogP contribution in [0.5, 0.6) is 0 Å². The van der Waals surface area contributed by atoms with Crippen molar-refractivity contribution in [3.63, 3.8) is 0 Å². The number of imidazole rings is 1. The number of rotatable bonds is 5. The van der Waals surface area contributed by atoms with Gasteiger partial charge >= 0.3 is 6.03 Å². The van der Waals surface area contributed by atoms with E-state index in [9.17, 15) is 4.79 Å². The van der Waals surface area contributed by atoms with Crippen molar-refractivity contribution < 1.29 is 4.79 Å². The Morgan fingerprint density at radius 2 is 2.14 bits per heavy atom. The highest BCUT2D eigenvalue weighted by molar-refractivity contribution is 5.74. The molecular formula is C21H32N6O. The maximum Gasteiger partial charge on any atom is 0.317 e. The number of likely N-dealkylation sites (tertiary alicyclic amines) is 1. The number of nitrogens with zero attached hydrogens (tertiary/aromatic N) is 4. The van der Waals surface area contributed by atoms with E-state index in [2.05, 4.69) is 25.1 Å². The van der Waals surface area contributed by atoms with Crippen LogP contribution in [0.25, 0.3) is 0 Å². The van der Waals surface area contributed by atoms with E-state index in [4.69, 9.17) is 0 Å². The Balaban J connectivity index is 1.34.